The van der Waals surface area contributed by atoms with Crippen molar-refractivity contribution >= 4 is 28.4 Å². The topological polar surface area (TPSA) is 99.5 Å². The van der Waals surface area contributed by atoms with Gasteiger partial charge in [0.15, 0.2) is 17.3 Å². The second-order valence-corrected chi connectivity index (χ2v) is 8.43. The van der Waals surface area contributed by atoms with Crippen molar-refractivity contribution in [3.63, 3.8) is 0 Å². The van der Waals surface area contributed by atoms with Gasteiger partial charge in [0.25, 0.3) is 0 Å². The molecule has 1 aliphatic rings. The van der Waals surface area contributed by atoms with Crippen molar-refractivity contribution < 1.29 is 19.1 Å². The van der Waals surface area contributed by atoms with Gasteiger partial charge in [-0.2, -0.15) is 0 Å². The number of hydrogen-bond acceptors (Lipinski definition) is 6. The van der Waals surface area contributed by atoms with E-state index in [0.29, 0.717) is 47.3 Å². The lowest BCUT2D eigenvalue weighted by Gasteiger charge is -2.19. The van der Waals surface area contributed by atoms with Gasteiger partial charge in [-0.1, -0.05) is 29.8 Å². The first-order valence-electron chi connectivity index (χ1n) is 11.2. The minimum absolute atomic E-state index is 0.0147. The number of amides is 1. The summed E-state index contributed by atoms with van der Waals surface area (Å²) in [6.45, 7) is 4.50. The normalized spacial score (nSPS) is 12.4. The highest BCUT2D eigenvalue weighted by Gasteiger charge is 2.19. The lowest BCUT2D eigenvalue weighted by atomic mass is 10.0. The highest BCUT2D eigenvalue weighted by atomic mass is 16.6. The van der Waals surface area contributed by atoms with Crippen LogP contribution in [-0.4, -0.2) is 34.5 Å². The standard InChI is InChI=1S/C27H23N3O5/c1-16-3-6-18(7-4-16)25(32)21-14-30(27-20(26(21)33)9-5-17(2)28-27)15-24(31)29-19-8-10-22-23(13-19)35-12-11-34-22/h3-10,13-14H,11-12,15H2,1-2H3,(H,29,31). The van der Waals surface area contributed by atoms with Gasteiger partial charge in [-0.25, -0.2) is 4.98 Å². The summed E-state index contributed by atoms with van der Waals surface area (Å²) in [6.07, 6.45) is 1.42. The van der Waals surface area contributed by atoms with Crippen molar-refractivity contribution in [3.05, 3.63) is 93.4 Å². The van der Waals surface area contributed by atoms with Crippen molar-refractivity contribution in [2.45, 2.75) is 20.4 Å². The maximum atomic E-state index is 13.2. The first-order chi connectivity index (χ1) is 16.9. The van der Waals surface area contributed by atoms with Gasteiger partial charge in [-0.05, 0) is 38.1 Å². The van der Waals surface area contributed by atoms with Gasteiger partial charge < -0.3 is 19.4 Å². The molecular formula is C27H23N3O5. The van der Waals surface area contributed by atoms with Crippen LogP contribution in [0.4, 0.5) is 5.69 Å². The second-order valence-electron chi connectivity index (χ2n) is 8.43. The molecule has 2 aromatic heterocycles. The van der Waals surface area contributed by atoms with Gasteiger partial charge in [0.1, 0.15) is 25.4 Å². The van der Waals surface area contributed by atoms with Gasteiger partial charge in [0, 0.05) is 29.2 Å². The molecule has 176 valence electrons. The van der Waals surface area contributed by atoms with Crippen LogP contribution in [0.15, 0.2) is 65.6 Å². The van der Waals surface area contributed by atoms with E-state index in [2.05, 4.69) is 10.3 Å². The number of benzene rings is 2. The SMILES string of the molecule is Cc1ccc(C(=O)c2cn(CC(=O)Nc3ccc4c(c3)OCCO4)c3nc(C)ccc3c2=O)cc1. The van der Waals surface area contributed by atoms with E-state index in [1.54, 1.807) is 54.0 Å². The summed E-state index contributed by atoms with van der Waals surface area (Å²) in [4.78, 5) is 43.8. The van der Waals surface area contributed by atoms with E-state index in [-0.39, 0.29) is 23.4 Å². The Hall–Kier alpha value is -4.46. The summed E-state index contributed by atoms with van der Waals surface area (Å²) in [5.41, 5.74) is 2.56. The van der Waals surface area contributed by atoms with Crippen LogP contribution in [0.1, 0.15) is 27.2 Å². The van der Waals surface area contributed by atoms with Crippen molar-refractivity contribution in [2.75, 3.05) is 18.5 Å². The maximum Gasteiger partial charge on any atom is 0.244 e. The molecule has 0 saturated carbocycles. The highest BCUT2D eigenvalue weighted by Crippen LogP contribution is 2.32. The average molecular weight is 469 g/mol. The number of pyridine rings is 2. The predicted octanol–water partition coefficient (Wildman–Crippen LogP) is 3.65. The van der Waals surface area contributed by atoms with Crippen molar-refractivity contribution in [2.24, 2.45) is 0 Å². The fourth-order valence-corrected chi connectivity index (χ4v) is 3.98. The number of anilines is 1. The van der Waals surface area contributed by atoms with Gasteiger partial charge in [0.05, 0.1) is 10.9 Å². The number of ether oxygens (including phenoxy) is 2. The van der Waals surface area contributed by atoms with E-state index in [0.717, 1.165) is 5.56 Å². The summed E-state index contributed by atoms with van der Waals surface area (Å²) in [5, 5.41) is 3.11. The van der Waals surface area contributed by atoms with Crippen LogP contribution in [0.5, 0.6) is 11.5 Å². The van der Waals surface area contributed by atoms with E-state index < -0.39 is 11.2 Å². The number of hydrogen-bond donors (Lipinski definition) is 1. The molecule has 0 fully saturated rings. The summed E-state index contributed by atoms with van der Waals surface area (Å²) in [6, 6.07) is 15.5. The van der Waals surface area contributed by atoms with E-state index in [9.17, 15) is 14.4 Å². The number of aryl methyl sites for hydroxylation is 2. The number of rotatable bonds is 5. The van der Waals surface area contributed by atoms with E-state index in [1.165, 1.54) is 6.20 Å². The molecule has 8 nitrogen and oxygen atoms in total. The minimum Gasteiger partial charge on any atom is -0.486 e. The summed E-state index contributed by atoms with van der Waals surface area (Å²) in [7, 11) is 0. The zero-order valence-corrected chi connectivity index (χ0v) is 19.3. The summed E-state index contributed by atoms with van der Waals surface area (Å²) < 4.78 is 12.6. The van der Waals surface area contributed by atoms with Crippen LogP contribution >= 0.6 is 0 Å². The lowest BCUT2D eigenvalue weighted by Crippen LogP contribution is -2.25. The molecule has 1 aliphatic heterocycles. The molecule has 35 heavy (non-hydrogen) atoms. The number of aromatic nitrogens is 2. The Labute approximate surface area is 201 Å². The molecule has 5 rings (SSSR count). The van der Waals surface area contributed by atoms with Gasteiger partial charge >= 0.3 is 0 Å². The van der Waals surface area contributed by atoms with Gasteiger partial charge in [0.2, 0.25) is 11.3 Å². The molecule has 0 bridgehead atoms. The van der Waals surface area contributed by atoms with E-state index >= 15 is 0 Å². The molecule has 0 aliphatic carbocycles. The molecule has 1 amide bonds. The van der Waals surface area contributed by atoms with Gasteiger partial charge in [-0.15, -0.1) is 0 Å². The fraction of sp³-hybridized carbons (Fsp3) is 0.185. The Bertz CT molecular complexity index is 1520. The molecule has 1 N–H and O–H groups in total. The Kier molecular flexibility index (Phi) is 5.78. The first-order valence-corrected chi connectivity index (χ1v) is 11.2. The number of nitrogens with one attached hydrogen (secondary N) is 1. The Balaban J connectivity index is 1.50. The maximum absolute atomic E-state index is 13.2. The second kappa shape index (κ2) is 9.06. The number of carbonyl (C=O) groups excluding carboxylic acids is 2. The van der Waals surface area contributed by atoms with Crippen LogP contribution in [0.2, 0.25) is 0 Å². The lowest BCUT2D eigenvalue weighted by molar-refractivity contribution is -0.116. The van der Waals surface area contributed by atoms with Crippen LogP contribution < -0.4 is 20.2 Å². The first kappa shape index (κ1) is 22.3. The minimum atomic E-state index is -0.415. The third-order valence-corrected chi connectivity index (χ3v) is 5.76. The van der Waals surface area contributed by atoms with Crippen LogP contribution in [-0.2, 0) is 11.3 Å². The Morgan fingerprint density at radius 1 is 0.971 bits per heavy atom. The van der Waals surface area contributed by atoms with Crippen molar-refractivity contribution in [1.82, 2.24) is 9.55 Å². The predicted molar refractivity (Wildman–Crippen MR) is 131 cm³/mol. The highest BCUT2D eigenvalue weighted by molar-refractivity contribution is 6.10. The largest absolute Gasteiger partial charge is 0.486 e. The van der Waals surface area contributed by atoms with Crippen LogP contribution in [0.25, 0.3) is 11.0 Å². The number of ketones is 1. The fourth-order valence-electron chi connectivity index (χ4n) is 3.98. The molecule has 3 heterocycles. The van der Waals surface area contributed by atoms with E-state index in [4.69, 9.17) is 9.47 Å². The van der Waals surface area contributed by atoms with E-state index in [1.807, 2.05) is 19.1 Å². The molecule has 0 saturated heterocycles. The molecule has 4 aromatic rings. The molecule has 0 unspecified atom stereocenters. The number of fused-ring (bicyclic) bond motifs is 2. The third-order valence-electron chi connectivity index (χ3n) is 5.76. The summed E-state index contributed by atoms with van der Waals surface area (Å²) in [5.74, 6) is 0.438. The Morgan fingerprint density at radius 2 is 1.71 bits per heavy atom. The van der Waals surface area contributed by atoms with Crippen LogP contribution in [0.3, 0.4) is 0 Å². The van der Waals surface area contributed by atoms with Crippen molar-refractivity contribution in [3.8, 4) is 11.5 Å². The molecule has 0 atom stereocenters. The molecule has 0 spiro atoms. The monoisotopic (exact) mass is 469 g/mol. The van der Waals surface area contributed by atoms with Gasteiger partial charge in [-0.3, -0.25) is 14.4 Å². The zero-order chi connectivity index (χ0) is 24.5. The average Bonchev–Trinajstić information content (AvgIpc) is 2.85. The molecule has 2 aromatic carbocycles. The molecule has 8 heteroatoms. The Morgan fingerprint density at radius 3 is 2.49 bits per heavy atom. The number of carbonyl (C=O) groups is 2. The summed E-state index contributed by atoms with van der Waals surface area (Å²) >= 11 is 0. The molecular weight excluding hydrogens is 446 g/mol. The quantitative estimate of drug-likeness (QED) is 0.448. The van der Waals surface area contributed by atoms with Crippen molar-refractivity contribution in [1.29, 1.82) is 0 Å². The van der Waals surface area contributed by atoms with Crippen LogP contribution in [0, 0.1) is 13.8 Å². The zero-order valence-electron chi connectivity index (χ0n) is 19.3. The number of nitrogens with zero attached hydrogens (tertiary/aromatic N) is 2. The third kappa shape index (κ3) is 4.50. The smallest absolute Gasteiger partial charge is 0.244 e. The molecule has 0 radical (unpaired) electrons.